The molecular formula is C18H34IN5. The van der Waals surface area contributed by atoms with E-state index in [9.17, 15) is 0 Å². The minimum absolute atomic E-state index is 0. The van der Waals surface area contributed by atoms with Gasteiger partial charge in [-0.2, -0.15) is 5.10 Å². The van der Waals surface area contributed by atoms with Crippen LogP contribution in [-0.2, 0) is 13.5 Å². The lowest BCUT2D eigenvalue weighted by Crippen LogP contribution is -2.49. The number of aliphatic imine (C=N–C) groups is 1. The molecular weight excluding hydrogens is 413 g/mol. The first-order valence-electron chi connectivity index (χ1n) is 9.07. The Kier molecular flexibility index (Phi) is 9.08. The molecule has 0 amide bonds. The van der Waals surface area contributed by atoms with Crippen molar-refractivity contribution in [3.8, 4) is 0 Å². The van der Waals surface area contributed by atoms with E-state index in [1.165, 1.54) is 31.2 Å². The summed E-state index contributed by atoms with van der Waals surface area (Å²) in [7, 11) is 1.96. The van der Waals surface area contributed by atoms with Crippen molar-refractivity contribution in [2.45, 2.75) is 52.9 Å². The van der Waals surface area contributed by atoms with E-state index in [0.717, 1.165) is 38.6 Å². The summed E-state index contributed by atoms with van der Waals surface area (Å²) in [6, 6.07) is 0. The summed E-state index contributed by atoms with van der Waals surface area (Å²) in [5.74, 6) is 1.08. The molecule has 24 heavy (non-hydrogen) atoms. The highest BCUT2D eigenvalue weighted by Crippen LogP contribution is 2.33. The Bertz CT molecular complexity index is 509. The van der Waals surface area contributed by atoms with E-state index in [2.05, 4.69) is 42.3 Å². The fraction of sp³-hybridized carbons (Fsp3) is 0.778. The zero-order valence-corrected chi connectivity index (χ0v) is 18.0. The van der Waals surface area contributed by atoms with Crippen molar-refractivity contribution < 1.29 is 0 Å². The standard InChI is InChI=1S/C18H33N5.HI/c1-5-9-18(3)10-7-12-23(15-18)17(19-6-2)20-11-8-16-13-21-22(4)14-16;/h13-14H,5-12,15H2,1-4H3,(H,19,20);1H. The van der Waals surface area contributed by atoms with Gasteiger partial charge < -0.3 is 10.2 Å². The maximum Gasteiger partial charge on any atom is 0.193 e. The number of halogens is 1. The summed E-state index contributed by atoms with van der Waals surface area (Å²) >= 11 is 0. The van der Waals surface area contributed by atoms with Gasteiger partial charge in [0.05, 0.1) is 6.20 Å². The molecule has 1 atom stereocenters. The second-order valence-electron chi connectivity index (χ2n) is 7.09. The highest BCUT2D eigenvalue weighted by molar-refractivity contribution is 14.0. The van der Waals surface area contributed by atoms with Crippen molar-refractivity contribution in [1.29, 1.82) is 0 Å². The van der Waals surface area contributed by atoms with Crippen molar-refractivity contribution in [3.05, 3.63) is 18.0 Å². The Morgan fingerprint density at radius 2 is 2.21 bits per heavy atom. The third kappa shape index (κ3) is 6.26. The molecule has 0 saturated carbocycles. The van der Waals surface area contributed by atoms with E-state index >= 15 is 0 Å². The van der Waals surface area contributed by atoms with Gasteiger partial charge in [0.2, 0.25) is 0 Å². The Balaban J connectivity index is 0.00000288. The van der Waals surface area contributed by atoms with Gasteiger partial charge in [-0.3, -0.25) is 9.67 Å². The number of nitrogens with zero attached hydrogens (tertiary/aromatic N) is 4. The molecule has 1 aliphatic heterocycles. The highest BCUT2D eigenvalue weighted by Gasteiger charge is 2.31. The zero-order valence-electron chi connectivity index (χ0n) is 15.7. The number of aromatic nitrogens is 2. The van der Waals surface area contributed by atoms with Gasteiger partial charge in [-0.1, -0.05) is 20.3 Å². The summed E-state index contributed by atoms with van der Waals surface area (Å²) in [5, 5.41) is 7.70. The molecule has 1 aliphatic rings. The van der Waals surface area contributed by atoms with Gasteiger partial charge in [-0.05, 0) is 43.6 Å². The molecule has 0 spiro atoms. The first-order valence-corrected chi connectivity index (χ1v) is 9.07. The van der Waals surface area contributed by atoms with Crippen LogP contribution in [0.15, 0.2) is 17.4 Å². The average Bonchev–Trinajstić information content (AvgIpc) is 2.92. The summed E-state index contributed by atoms with van der Waals surface area (Å²) in [5.41, 5.74) is 1.69. The molecule has 1 aromatic rings. The Hall–Kier alpha value is -0.790. The third-order valence-corrected chi connectivity index (χ3v) is 4.69. The van der Waals surface area contributed by atoms with Gasteiger partial charge in [-0.15, -0.1) is 24.0 Å². The van der Waals surface area contributed by atoms with E-state index in [0.29, 0.717) is 5.41 Å². The van der Waals surface area contributed by atoms with E-state index < -0.39 is 0 Å². The van der Waals surface area contributed by atoms with Crippen LogP contribution < -0.4 is 5.32 Å². The molecule has 2 heterocycles. The molecule has 1 saturated heterocycles. The van der Waals surface area contributed by atoms with Gasteiger partial charge in [0.1, 0.15) is 0 Å². The van der Waals surface area contributed by atoms with Crippen LogP contribution in [0.25, 0.3) is 0 Å². The predicted molar refractivity (Wildman–Crippen MR) is 112 cm³/mol. The Labute approximate surface area is 164 Å². The molecule has 1 N–H and O–H groups in total. The number of aryl methyl sites for hydroxylation is 1. The lowest BCUT2D eigenvalue weighted by molar-refractivity contribution is 0.142. The molecule has 5 nitrogen and oxygen atoms in total. The van der Waals surface area contributed by atoms with Crippen LogP contribution in [0.1, 0.15) is 52.0 Å². The molecule has 1 unspecified atom stereocenters. The van der Waals surface area contributed by atoms with Gasteiger partial charge >= 0.3 is 0 Å². The number of hydrogen-bond donors (Lipinski definition) is 1. The molecule has 138 valence electrons. The number of piperidine rings is 1. The maximum absolute atomic E-state index is 4.86. The van der Waals surface area contributed by atoms with Crippen LogP contribution in [0.5, 0.6) is 0 Å². The van der Waals surface area contributed by atoms with E-state index in [1.54, 1.807) is 0 Å². The van der Waals surface area contributed by atoms with E-state index in [1.807, 2.05) is 17.9 Å². The first-order chi connectivity index (χ1) is 11.1. The summed E-state index contributed by atoms with van der Waals surface area (Å²) in [6.45, 7) is 10.9. The van der Waals surface area contributed by atoms with Crippen molar-refractivity contribution in [1.82, 2.24) is 20.0 Å². The monoisotopic (exact) mass is 447 g/mol. The number of guanidine groups is 1. The second-order valence-corrected chi connectivity index (χ2v) is 7.09. The minimum Gasteiger partial charge on any atom is -0.357 e. The van der Waals surface area contributed by atoms with Crippen molar-refractivity contribution in [3.63, 3.8) is 0 Å². The lowest BCUT2D eigenvalue weighted by Gasteiger charge is -2.42. The molecule has 0 radical (unpaired) electrons. The second kappa shape index (κ2) is 10.3. The van der Waals surface area contributed by atoms with Crippen molar-refractivity contribution in [2.75, 3.05) is 26.2 Å². The third-order valence-electron chi connectivity index (χ3n) is 4.69. The molecule has 6 heteroatoms. The van der Waals surface area contributed by atoms with Crippen LogP contribution >= 0.6 is 24.0 Å². The Morgan fingerprint density at radius 1 is 1.42 bits per heavy atom. The topological polar surface area (TPSA) is 45.5 Å². The van der Waals surface area contributed by atoms with Crippen LogP contribution in [-0.4, -0.2) is 46.8 Å². The first kappa shape index (κ1) is 21.3. The molecule has 0 aromatic carbocycles. The van der Waals surface area contributed by atoms with Gasteiger partial charge in [-0.25, -0.2) is 0 Å². The number of likely N-dealkylation sites (tertiary alicyclic amines) is 1. The normalized spacial score (nSPS) is 21.5. The fourth-order valence-electron chi connectivity index (χ4n) is 3.62. The average molecular weight is 447 g/mol. The number of rotatable bonds is 6. The molecule has 2 rings (SSSR count). The summed E-state index contributed by atoms with van der Waals surface area (Å²) < 4.78 is 1.85. The van der Waals surface area contributed by atoms with Crippen LogP contribution in [0.3, 0.4) is 0 Å². The van der Waals surface area contributed by atoms with Crippen LogP contribution in [0.2, 0.25) is 0 Å². The molecule has 0 bridgehead atoms. The number of hydrogen-bond acceptors (Lipinski definition) is 2. The zero-order chi connectivity index (χ0) is 16.7. The van der Waals surface area contributed by atoms with E-state index in [4.69, 9.17) is 4.99 Å². The Morgan fingerprint density at radius 3 is 2.83 bits per heavy atom. The van der Waals surface area contributed by atoms with Crippen LogP contribution in [0, 0.1) is 5.41 Å². The van der Waals surface area contributed by atoms with Crippen molar-refractivity contribution >= 4 is 29.9 Å². The maximum atomic E-state index is 4.86. The van der Waals surface area contributed by atoms with Crippen LogP contribution in [0.4, 0.5) is 0 Å². The summed E-state index contributed by atoms with van der Waals surface area (Å²) in [6.07, 6.45) is 10.1. The fourth-order valence-corrected chi connectivity index (χ4v) is 3.62. The predicted octanol–water partition coefficient (Wildman–Crippen LogP) is 3.45. The molecule has 1 aromatic heterocycles. The quantitative estimate of drug-likeness (QED) is 0.413. The summed E-state index contributed by atoms with van der Waals surface area (Å²) in [4.78, 5) is 7.33. The highest BCUT2D eigenvalue weighted by atomic mass is 127. The largest absolute Gasteiger partial charge is 0.357 e. The number of nitrogens with one attached hydrogen (secondary N) is 1. The minimum atomic E-state index is 0. The smallest absolute Gasteiger partial charge is 0.193 e. The van der Waals surface area contributed by atoms with Gasteiger partial charge in [0, 0.05) is 39.4 Å². The van der Waals surface area contributed by atoms with E-state index in [-0.39, 0.29) is 24.0 Å². The SMILES string of the molecule is CCCC1(C)CCCN(C(=NCCc2cnn(C)c2)NCC)C1.I. The van der Waals surface area contributed by atoms with Crippen molar-refractivity contribution in [2.24, 2.45) is 17.5 Å². The molecule has 1 fully saturated rings. The molecule has 0 aliphatic carbocycles. The lowest BCUT2D eigenvalue weighted by atomic mass is 9.78. The van der Waals surface area contributed by atoms with Gasteiger partial charge in [0.15, 0.2) is 5.96 Å². The van der Waals surface area contributed by atoms with Gasteiger partial charge in [0.25, 0.3) is 0 Å².